The molecule has 0 fully saturated rings. The van der Waals surface area contributed by atoms with Crippen molar-refractivity contribution in [3.05, 3.63) is 47.0 Å². The largest absolute Gasteiger partial charge is 0.492 e. The van der Waals surface area contributed by atoms with Crippen molar-refractivity contribution in [3.63, 3.8) is 0 Å². The summed E-state index contributed by atoms with van der Waals surface area (Å²) in [5, 5.41) is 9.97. The molecular formula is C14H17ClN2O2. The fourth-order valence-electron chi connectivity index (χ4n) is 1.78. The van der Waals surface area contributed by atoms with Gasteiger partial charge in [-0.2, -0.15) is 0 Å². The molecule has 0 bridgehead atoms. The van der Waals surface area contributed by atoms with Crippen molar-refractivity contribution in [2.75, 3.05) is 6.61 Å². The van der Waals surface area contributed by atoms with Gasteiger partial charge in [-0.3, -0.25) is 0 Å². The van der Waals surface area contributed by atoms with Gasteiger partial charge in [0, 0.05) is 25.9 Å². The predicted molar refractivity (Wildman–Crippen MR) is 74.5 cm³/mol. The average Bonchev–Trinajstić information content (AvgIpc) is 2.77. The van der Waals surface area contributed by atoms with Gasteiger partial charge in [0.1, 0.15) is 11.6 Å². The number of imidazole rings is 1. The van der Waals surface area contributed by atoms with Crippen LogP contribution in [-0.2, 0) is 13.5 Å². The number of hydrogen-bond acceptors (Lipinski definition) is 3. The number of rotatable bonds is 5. The molecule has 1 aromatic carbocycles. The molecule has 5 heteroatoms. The van der Waals surface area contributed by atoms with E-state index in [0.717, 1.165) is 17.8 Å². The van der Waals surface area contributed by atoms with E-state index < -0.39 is 6.10 Å². The van der Waals surface area contributed by atoms with Gasteiger partial charge in [-0.1, -0.05) is 17.7 Å². The highest BCUT2D eigenvalue weighted by atomic mass is 35.5. The highest BCUT2D eigenvalue weighted by Gasteiger charge is 2.07. The van der Waals surface area contributed by atoms with E-state index in [-0.39, 0.29) is 0 Å². The molecule has 0 radical (unpaired) electrons. The Labute approximate surface area is 117 Å². The number of aryl methyl sites for hydroxylation is 1. The van der Waals surface area contributed by atoms with Gasteiger partial charge in [-0.25, -0.2) is 4.98 Å². The van der Waals surface area contributed by atoms with Gasteiger partial charge in [-0.15, -0.1) is 0 Å². The third kappa shape index (κ3) is 3.49. The van der Waals surface area contributed by atoms with Gasteiger partial charge >= 0.3 is 0 Å². The molecule has 1 heterocycles. The van der Waals surface area contributed by atoms with Crippen LogP contribution in [0.15, 0.2) is 30.6 Å². The normalized spacial score (nSPS) is 12.4. The van der Waals surface area contributed by atoms with Crippen molar-refractivity contribution in [1.82, 2.24) is 9.55 Å². The summed E-state index contributed by atoms with van der Waals surface area (Å²) in [7, 11) is 1.95. The number of aromatic nitrogens is 2. The van der Waals surface area contributed by atoms with Crippen molar-refractivity contribution in [2.24, 2.45) is 7.05 Å². The van der Waals surface area contributed by atoms with Crippen LogP contribution in [0.2, 0.25) is 5.02 Å². The van der Waals surface area contributed by atoms with Crippen molar-refractivity contribution in [2.45, 2.75) is 19.4 Å². The lowest BCUT2D eigenvalue weighted by atomic mass is 10.1. The molecule has 0 amide bonds. The Balaban J connectivity index is 1.95. The quantitative estimate of drug-likeness (QED) is 0.916. The van der Waals surface area contributed by atoms with Crippen LogP contribution in [0, 0.1) is 0 Å². The van der Waals surface area contributed by atoms with Crippen LogP contribution < -0.4 is 4.74 Å². The van der Waals surface area contributed by atoms with E-state index in [2.05, 4.69) is 4.98 Å². The maximum absolute atomic E-state index is 9.46. The number of aliphatic hydroxyl groups is 1. The predicted octanol–water partition coefficient (Wildman–Crippen LogP) is 2.75. The molecule has 0 aliphatic carbocycles. The Kier molecular flexibility index (Phi) is 4.45. The zero-order valence-electron chi connectivity index (χ0n) is 11.0. The Hall–Kier alpha value is -1.52. The maximum atomic E-state index is 9.46. The Morgan fingerprint density at radius 3 is 2.84 bits per heavy atom. The molecule has 102 valence electrons. The van der Waals surface area contributed by atoms with E-state index in [1.165, 1.54) is 0 Å². The van der Waals surface area contributed by atoms with Crippen LogP contribution in [0.3, 0.4) is 0 Å². The summed E-state index contributed by atoms with van der Waals surface area (Å²) in [5.41, 5.74) is 0.779. The Bertz CT molecular complexity index is 552. The van der Waals surface area contributed by atoms with Crippen LogP contribution in [0.25, 0.3) is 0 Å². The maximum Gasteiger partial charge on any atom is 0.137 e. The summed E-state index contributed by atoms with van der Waals surface area (Å²) < 4.78 is 7.59. The molecule has 0 spiro atoms. The Morgan fingerprint density at radius 2 is 2.26 bits per heavy atom. The number of nitrogens with zero attached hydrogens (tertiary/aromatic N) is 2. The highest BCUT2D eigenvalue weighted by Crippen LogP contribution is 2.27. The summed E-state index contributed by atoms with van der Waals surface area (Å²) in [4.78, 5) is 4.22. The van der Waals surface area contributed by atoms with Gasteiger partial charge in [0.05, 0.1) is 17.7 Å². The lowest BCUT2D eigenvalue weighted by molar-refractivity contribution is 0.199. The van der Waals surface area contributed by atoms with Gasteiger partial charge in [-0.05, 0) is 24.6 Å². The Morgan fingerprint density at radius 1 is 1.47 bits per heavy atom. The molecule has 4 nitrogen and oxygen atoms in total. The SMILES string of the molecule is C[C@@H](O)c1ccc(OCCc2nccn2C)c(Cl)c1. The van der Waals surface area contributed by atoms with Crippen LogP contribution in [0.5, 0.6) is 5.75 Å². The zero-order valence-corrected chi connectivity index (χ0v) is 11.8. The number of hydrogen-bond donors (Lipinski definition) is 1. The zero-order chi connectivity index (χ0) is 13.8. The van der Waals surface area contributed by atoms with Crippen molar-refractivity contribution < 1.29 is 9.84 Å². The topological polar surface area (TPSA) is 47.3 Å². The van der Waals surface area contributed by atoms with E-state index in [0.29, 0.717) is 17.4 Å². The van der Waals surface area contributed by atoms with Crippen LogP contribution >= 0.6 is 11.6 Å². The lowest BCUT2D eigenvalue weighted by Crippen LogP contribution is -2.06. The van der Waals surface area contributed by atoms with E-state index >= 15 is 0 Å². The first-order valence-corrected chi connectivity index (χ1v) is 6.52. The van der Waals surface area contributed by atoms with E-state index in [4.69, 9.17) is 16.3 Å². The minimum absolute atomic E-state index is 0.512. The molecule has 0 saturated carbocycles. The summed E-state index contributed by atoms with van der Waals surface area (Å²) in [6.07, 6.45) is 3.86. The second kappa shape index (κ2) is 6.08. The summed E-state index contributed by atoms with van der Waals surface area (Å²) in [6.45, 7) is 2.21. The van der Waals surface area contributed by atoms with Crippen molar-refractivity contribution in [1.29, 1.82) is 0 Å². The second-order valence-corrected chi connectivity index (χ2v) is 4.83. The van der Waals surface area contributed by atoms with E-state index in [9.17, 15) is 5.11 Å². The third-order valence-corrected chi connectivity index (χ3v) is 3.24. The molecule has 2 aromatic rings. The first-order valence-electron chi connectivity index (χ1n) is 6.14. The first kappa shape index (κ1) is 13.9. The van der Waals surface area contributed by atoms with Crippen molar-refractivity contribution in [3.8, 4) is 5.75 Å². The number of ether oxygens (including phenoxy) is 1. The fraction of sp³-hybridized carbons (Fsp3) is 0.357. The summed E-state index contributed by atoms with van der Waals surface area (Å²) in [6, 6.07) is 5.32. The average molecular weight is 281 g/mol. The minimum atomic E-state index is -0.529. The molecule has 2 rings (SSSR count). The summed E-state index contributed by atoms with van der Waals surface area (Å²) >= 11 is 6.11. The van der Waals surface area contributed by atoms with Crippen LogP contribution in [0.1, 0.15) is 24.4 Å². The smallest absolute Gasteiger partial charge is 0.137 e. The molecule has 1 atom stereocenters. The molecule has 0 aliphatic rings. The summed E-state index contributed by atoms with van der Waals surface area (Å²) in [5.74, 6) is 1.59. The third-order valence-electron chi connectivity index (χ3n) is 2.94. The number of aliphatic hydroxyl groups excluding tert-OH is 1. The van der Waals surface area contributed by atoms with Crippen molar-refractivity contribution >= 4 is 11.6 Å². The standard InChI is InChI=1S/C14H17ClN2O2/c1-10(18)11-3-4-13(12(15)9-11)19-8-5-14-16-6-7-17(14)2/h3-4,6-7,9-10,18H,5,8H2,1-2H3/t10-/m1/s1. The molecular weight excluding hydrogens is 264 g/mol. The lowest BCUT2D eigenvalue weighted by Gasteiger charge is -2.10. The van der Waals surface area contributed by atoms with Gasteiger partial charge in [0.15, 0.2) is 0 Å². The molecule has 1 N–H and O–H groups in total. The second-order valence-electron chi connectivity index (χ2n) is 4.42. The van der Waals surface area contributed by atoms with Gasteiger partial charge < -0.3 is 14.4 Å². The highest BCUT2D eigenvalue weighted by molar-refractivity contribution is 6.32. The van der Waals surface area contributed by atoms with Gasteiger partial charge in [0.2, 0.25) is 0 Å². The van der Waals surface area contributed by atoms with Crippen LogP contribution in [-0.4, -0.2) is 21.3 Å². The number of benzene rings is 1. The fourth-order valence-corrected chi connectivity index (χ4v) is 2.03. The molecule has 0 saturated heterocycles. The molecule has 0 unspecified atom stereocenters. The van der Waals surface area contributed by atoms with E-state index in [1.807, 2.05) is 23.9 Å². The first-order chi connectivity index (χ1) is 9.08. The molecule has 1 aromatic heterocycles. The van der Waals surface area contributed by atoms with Gasteiger partial charge in [0.25, 0.3) is 0 Å². The van der Waals surface area contributed by atoms with E-state index in [1.54, 1.807) is 25.3 Å². The molecule has 0 aliphatic heterocycles. The minimum Gasteiger partial charge on any atom is -0.492 e. The molecule has 19 heavy (non-hydrogen) atoms. The monoisotopic (exact) mass is 280 g/mol. The van der Waals surface area contributed by atoms with Crippen LogP contribution in [0.4, 0.5) is 0 Å². The number of halogens is 1.